The van der Waals surface area contributed by atoms with Gasteiger partial charge in [0.1, 0.15) is 29.9 Å². The Hall–Kier alpha value is -8.94. The minimum atomic E-state index is -2.18. The number of nitrogens with zero attached hydrogens (tertiary/aromatic N) is 4. The molecule has 3 aliphatic rings. The third-order valence-corrected chi connectivity index (χ3v) is 14.2. The normalized spacial score (nSPS) is 21.1. The minimum absolute atomic E-state index is 0.0652. The van der Waals surface area contributed by atoms with E-state index in [-0.39, 0.29) is 35.8 Å². The molecule has 2 fully saturated rings. The van der Waals surface area contributed by atoms with Crippen molar-refractivity contribution in [3.8, 4) is 17.6 Å². The quantitative estimate of drug-likeness (QED) is 0.0432. The van der Waals surface area contributed by atoms with Crippen molar-refractivity contribution in [1.82, 2.24) is 15.1 Å². The average molecular weight is 1000 g/mol. The van der Waals surface area contributed by atoms with Crippen molar-refractivity contribution in [2.75, 3.05) is 25.0 Å². The van der Waals surface area contributed by atoms with Crippen molar-refractivity contribution in [3.05, 3.63) is 243 Å². The van der Waals surface area contributed by atoms with Gasteiger partial charge in [-0.1, -0.05) is 145 Å². The monoisotopic (exact) mass is 1000 g/mol. The number of ether oxygens (including phenoxy) is 2. The Kier molecular flexibility index (Phi) is 14.1. The summed E-state index contributed by atoms with van der Waals surface area (Å²) in [7, 11) is 1.94. The van der Waals surface area contributed by atoms with Gasteiger partial charge in [0.15, 0.2) is 0 Å². The number of nitro groups is 1. The van der Waals surface area contributed by atoms with Gasteiger partial charge in [-0.15, -0.1) is 0 Å². The van der Waals surface area contributed by atoms with E-state index in [0.717, 1.165) is 10.5 Å². The number of non-ortho nitro benzene ring substituents is 1. The lowest BCUT2D eigenvalue weighted by molar-refractivity contribution is -0.384. The fourth-order valence-electron chi connectivity index (χ4n) is 10.9. The first kappa shape index (κ1) is 49.6. The number of anilines is 1. The molecule has 0 aromatic heterocycles. The number of nitrogens with one attached hydrogen (secondary N) is 1. The maximum absolute atomic E-state index is 16.6. The Morgan fingerprint density at radius 3 is 2.07 bits per heavy atom. The summed E-state index contributed by atoms with van der Waals surface area (Å²) >= 11 is 0. The summed E-state index contributed by atoms with van der Waals surface area (Å²) in [6.45, 7) is 0.267. The van der Waals surface area contributed by atoms with Crippen LogP contribution in [0.3, 0.4) is 0 Å². The van der Waals surface area contributed by atoms with Crippen molar-refractivity contribution < 1.29 is 43.8 Å². The van der Waals surface area contributed by atoms with E-state index in [4.69, 9.17) is 9.47 Å². The van der Waals surface area contributed by atoms with E-state index in [1.54, 1.807) is 60.7 Å². The Morgan fingerprint density at radius 2 is 1.41 bits per heavy atom. The van der Waals surface area contributed by atoms with Crippen molar-refractivity contribution in [1.29, 1.82) is 0 Å². The number of imide groups is 1. The summed E-state index contributed by atoms with van der Waals surface area (Å²) in [5.74, 6) is 2.25. The number of benzene rings is 7. The molecule has 15 heteroatoms. The zero-order chi connectivity index (χ0) is 52.2. The fraction of sp³-hybridized carbons (Fsp3) is 0.200. The maximum Gasteiger partial charge on any atom is 0.421 e. The Balaban J connectivity index is 1.18. The van der Waals surface area contributed by atoms with Gasteiger partial charge >= 0.3 is 12.1 Å². The van der Waals surface area contributed by atoms with Gasteiger partial charge in [0, 0.05) is 30.8 Å². The van der Waals surface area contributed by atoms with Gasteiger partial charge < -0.3 is 25.0 Å². The number of phenolic OH excluding ortho intramolecular Hbond substituents is 1. The number of rotatable bonds is 13. The number of aliphatic hydroxyl groups is 1. The topological polar surface area (TPSA) is 192 Å². The lowest BCUT2D eigenvalue weighted by Crippen LogP contribution is -2.56. The Labute approximate surface area is 432 Å². The highest BCUT2D eigenvalue weighted by atomic mass is 16.6. The molecule has 1 spiro atoms. The highest BCUT2D eigenvalue weighted by Gasteiger charge is 2.75. The van der Waals surface area contributed by atoms with Crippen LogP contribution in [0.15, 0.2) is 188 Å². The van der Waals surface area contributed by atoms with Crippen LogP contribution in [0.5, 0.6) is 5.75 Å². The number of esters is 1. The third kappa shape index (κ3) is 9.61. The molecular weight excluding hydrogens is 951 g/mol. The van der Waals surface area contributed by atoms with Gasteiger partial charge in [-0.25, -0.2) is 9.69 Å². The summed E-state index contributed by atoms with van der Waals surface area (Å²) < 4.78 is 12.4. The summed E-state index contributed by atoms with van der Waals surface area (Å²) in [5.41, 5.74) is 2.10. The van der Waals surface area contributed by atoms with Crippen LogP contribution < -0.4 is 10.2 Å². The molecule has 75 heavy (non-hydrogen) atoms. The van der Waals surface area contributed by atoms with E-state index in [9.17, 15) is 25.1 Å². The molecule has 7 atom stereocenters. The molecule has 0 bridgehead atoms. The number of carbonyl (C=O) groups is 4. The van der Waals surface area contributed by atoms with Crippen molar-refractivity contribution in [3.63, 3.8) is 0 Å². The van der Waals surface area contributed by atoms with E-state index in [1.165, 1.54) is 36.4 Å². The predicted molar refractivity (Wildman–Crippen MR) is 277 cm³/mol. The number of amides is 3. The molecule has 2 saturated heterocycles. The second kappa shape index (κ2) is 21.3. The third-order valence-electron chi connectivity index (χ3n) is 14.2. The fourth-order valence-corrected chi connectivity index (χ4v) is 10.9. The SMILES string of the molecule is CN(CC#Cc1ccc2c(c1)[C@]1(C(=O)N2C(=O)OCc2ccc([N+](=O)[O-])cc2)[C@H](C(=O)NC[C@H](O)c2ccccc2)[C@H]2C(=O)O[C@H](c3ccccc3)[C@H](c3ccccc3)N2[C@@H]1c1ccc(O)cc1)Cc1ccccc1. The highest BCUT2D eigenvalue weighted by Crippen LogP contribution is 2.66. The molecule has 15 nitrogen and oxygen atoms in total. The number of hydrogen-bond donors (Lipinski definition) is 3. The van der Waals surface area contributed by atoms with E-state index < -0.39 is 70.5 Å². The lowest BCUT2D eigenvalue weighted by atomic mass is 9.65. The van der Waals surface area contributed by atoms with Crippen molar-refractivity contribution >= 4 is 35.3 Å². The van der Waals surface area contributed by atoms with Gasteiger partial charge in [-0.05, 0) is 88.5 Å². The summed E-state index contributed by atoms with van der Waals surface area (Å²) in [6, 6.07) is 50.0. The number of cyclic esters (lactones) is 1. The number of carbonyl (C=O) groups excluding carboxylic acids is 4. The second-order valence-electron chi connectivity index (χ2n) is 18.8. The molecule has 3 amide bonds. The number of nitro benzene ring substituents is 1. The van der Waals surface area contributed by atoms with Crippen LogP contribution in [0.1, 0.15) is 68.8 Å². The number of morpholine rings is 1. The van der Waals surface area contributed by atoms with E-state index in [0.29, 0.717) is 46.5 Å². The van der Waals surface area contributed by atoms with Crippen molar-refractivity contribution in [2.24, 2.45) is 5.92 Å². The first-order chi connectivity index (χ1) is 36.4. The Bertz CT molecular complexity index is 3300. The second-order valence-corrected chi connectivity index (χ2v) is 18.8. The van der Waals surface area contributed by atoms with E-state index in [2.05, 4.69) is 17.2 Å². The zero-order valence-electron chi connectivity index (χ0n) is 40.6. The molecule has 3 aliphatic heterocycles. The molecule has 10 rings (SSSR count). The number of aliphatic hydroxyl groups excluding tert-OH is 1. The molecule has 0 aliphatic carbocycles. The zero-order valence-corrected chi connectivity index (χ0v) is 40.6. The van der Waals surface area contributed by atoms with E-state index in [1.807, 2.05) is 108 Å². The smallest absolute Gasteiger partial charge is 0.421 e. The molecule has 7 aromatic rings. The van der Waals surface area contributed by atoms with Gasteiger partial charge in [-0.3, -0.25) is 34.3 Å². The van der Waals surface area contributed by atoms with Crippen LogP contribution >= 0.6 is 0 Å². The minimum Gasteiger partial charge on any atom is -0.508 e. The number of fused-ring (bicyclic) bond motifs is 3. The van der Waals surface area contributed by atoms with Crippen LogP contribution in [0.25, 0.3) is 0 Å². The molecule has 3 heterocycles. The summed E-state index contributed by atoms with van der Waals surface area (Å²) in [5, 5.41) is 36.7. The van der Waals surface area contributed by atoms with Crippen LogP contribution in [0.4, 0.5) is 16.2 Å². The van der Waals surface area contributed by atoms with Crippen LogP contribution in [0.2, 0.25) is 0 Å². The number of phenols is 1. The van der Waals surface area contributed by atoms with Crippen LogP contribution in [-0.4, -0.2) is 75.0 Å². The summed E-state index contributed by atoms with van der Waals surface area (Å²) in [4.78, 5) is 78.4. The molecular formula is C60H51N5O10. The average Bonchev–Trinajstić information content (AvgIpc) is 4.03. The van der Waals surface area contributed by atoms with Gasteiger partial charge in [0.05, 0.1) is 41.3 Å². The molecule has 3 N–H and O–H groups in total. The number of hydrogen-bond acceptors (Lipinski definition) is 12. The summed E-state index contributed by atoms with van der Waals surface area (Å²) in [6.07, 6.45) is -3.30. The molecule has 0 unspecified atom stereocenters. The van der Waals surface area contributed by atoms with Crippen LogP contribution in [0, 0.1) is 27.9 Å². The molecule has 0 saturated carbocycles. The van der Waals surface area contributed by atoms with Gasteiger partial charge in [0.2, 0.25) is 11.8 Å². The Morgan fingerprint density at radius 1 is 0.787 bits per heavy atom. The lowest BCUT2D eigenvalue weighted by Gasteiger charge is -2.46. The first-order valence-corrected chi connectivity index (χ1v) is 24.4. The molecule has 7 aromatic carbocycles. The largest absolute Gasteiger partial charge is 0.508 e. The number of aromatic hydroxyl groups is 1. The predicted octanol–water partition coefficient (Wildman–Crippen LogP) is 8.64. The maximum atomic E-state index is 16.6. The van der Waals surface area contributed by atoms with Gasteiger partial charge in [-0.2, -0.15) is 0 Å². The van der Waals surface area contributed by atoms with E-state index >= 15 is 14.4 Å². The standard InChI is InChI=1S/C60H51N5O10/c1-62(37-40-15-6-2-7-16-40)34-14-17-39-26-33-49-48(35-39)60(58(70)63(49)59(71)74-38-41-24-29-46(30-25-41)65(72)73)51(56(68)61-36-50(67)42-18-8-3-9-19-42)53-57(69)75-54(44-22-12-5-13-23-44)52(43-20-10-4-11-21-43)64(53)55(60)45-27-31-47(66)32-28-45/h2-13,15-16,18-33,35,50-55,66-67H,34,36-38H2,1H3,(H,61,68)/t50-,51-,52-,53-,54+,55+,60-/m0/s1. The molecule has 0 radical (unpaired) electrons. The highest BCUT2D eigenvalue weighted by molar-refractivity contribution is 6.23. The first-order valence-electron chi connectivity index (χ1n) is 24.4. The van der Waals surface area contributed by atoms with Gasteiger partial charge in [0.25, 0.3) is 5.69 Å². The van der Waals surface area contributed by atoms with Crippen LogP contribution in [-0.2, 0) is 42.4 Å². The molecule has 376 valence electrons. The van der Waals surface area contributed by atoms with Crippen molar-refractivity contribution in [2.45, 2.75) is 48.9 Å².